The zero-order chi connectivity index (χ0) is 11.8. The molecule has 0 aromatic carbocycles. The molecular formula is C10H14N4O2. The first-order chi connectivity index (χ1) is 7.74. The second kappa shape index (κ2) is 6.52. The third-order valence-corrected chi connectivity index (χ3v) is 1.79. The number of carbonyl (C=O) groups excluding carboxylic acids is 2. The van der Waals surface area contributed by atoms with E-state index in [0.717, 1.165) is 0 Å². The van der Waals surface area contributed by atoms with Gasteiger partial charge in [0.1, 0.15) is 0 Å². The molecule has 1 rings (SSSR count). The predicted octanol–water partition coefficient (Wildman–Crippen LogP) is -1.23. The second-order valence-electron chi connectivity index (χ2n) is 3.05. The lowest BCUT2D eigenvalue weighted by molar-refractivity contribution is -0.139. The van der Waals surface area contributed by atoms with Crippen LogP contribution < -0.4 is 16.4 Å². The van der Waals surface area contributed by atoms with E-state index in [1.165, 1.54) is 0 Å². The van der Waals surface area contributed by atoms with Gasteiger partial charge in [0.05, 0.1) is 12.2 Å². The first-order valence-corrected chi connectivity index (χ1v) is 4.90. The predicted molar refractivity (Wildman–Crippen MR) is 58.1 cm³/mol. The molecule has 0 radical (unpaired) electrons. The second-order valence-corrected chi connectivity index (χ2v) is 3.05. The topological polar surface area (TPSA) is 97.1 Å². The van der Waals surface area contributed by atoms with E-state index in [2.05, 4.69) is 15.6 Å². The van der Waals surface area contributed by atoms with Crippen molar-refractivity contribution in [3.63, 3.8) is 0 Å². The fraction of sp³-hybridized carbons (Fsp3) is 0.300. The molecular weight excluding hydrogens is 208 g/mol. The summed E-state index contributed by atoms with van der Waals surface area (Å²) >= 11 is 0. The van der Waals surface area contributed by atoms with Crippen molar-refractivity contribution in [1.29, 1.82) is 0 Å². The van der Waals surface area contributed by atoms with Crippen LogP contribution in [0.2, 0.25) is 0 Å². The van der Waals surface area contributed by atoms with E-state index in [1.807, 2.05) is 6.07 Å². The minimum Gasteiger partial charge on any atom is -0.347 e. The number of nitrogens with one attached hydrogen (secondary N) is 2. The molecule has 0 unspecified atom stereocenters. The highest BCUT2D eigenvalue weighted by atomic mass is 16.2. The van der Waals surface area contributed by atoms with Gasteiger partial charge in [-0.1, -0.05) is 6.07 Å². The van der Waals surface area contributed by atoms with E-state index in [1.54, 1.807) is 18.3 Å². The number of nitrogens with two attached hydrogens (primary N) is 1. The van der Waals surface area contributed by atoms with Crippen molar-refractivity contribution in [2.45, 2.75) is 6.54 Å². The molecule has 0 spiro atoms. The molecule has 0 aliphatic heterocycles. The maximum absolute atomic E-state index is 11.2. The van der Waals surface area contributed by atoms with Crippen molar-refractivity contribution >= 4 is 11.8 Å². The largest absolute Gasteiger partial charge is 0.347 e. The van der Waals surface area contributed by atoms with Gasteiger partial charge in [-0.05, 0) is 12.1 Å². The van der Waals surface area contributed by atoms with Gasteiger partial charge >= 0.3 is 11.8 Å². The molecule has 2 amide bonds. The van der Waals surface area contributed by atoms with Crippen LogP contribution in [0.1, 0.15) is 5.69 Å². The molecule has 86 valence electrons. The SMILES string of the molecule is NCCNC(=O)C(=O)NCc1ccccn1. The van der Waals surface area contributed by atoms with Crippen molar-refractivity contribution < 1.29 is 9.59 Å². The molecule has 6 heteroatoms. The summed E-state index contributed by atoms with van der Waals surface area (Å²) < 4.78 is 0. The van der Waals surface area contributed by atoms with Crippen LogP contribution in [0.3, 0.4) is 0 Å². The van der Waals surface area contributed by atoms with Crippen molar-refractivity contribution in [3.05, 3.63) is 30.1 Å². The maximum atomic E-state index is 11.2. The number of carbonyl (C=O) groups is 2. The van der Waals surface area contributed by atoms with Crippen LogP contribution in [0.5, 0.6) is 0 Å². The Hall–Kier alpha value is -1.95. The monoisotopic (exact) mass is 222 g/mol. The molecule has 0 saturated heterocycles. The molecule has 1 heterocycles. The Labute approximate surface area is 93.2 Å². The van der Waals surface area contributed by atoms with Crippen LogP contribution in [-0.2, 0) is 16.1 Å². The van der Waals surface area contributed by atoms with Gasteiger partial charge in [0, 0.05) is 19.3 Å². The number of nitrogens with zero attached hydrogens (tertiary/aromatic N) is 1. The molecule has 16 heavy (non-hydrogen) atoms. The van der Waals surface area contributed by atoms with Crippen molar-refractivity contribution in [3.8, 4) is 0 Å². The summed E-state index contributed by atoms with van der Waals surface area (Å²) in [5, 5.41) is 4.83. The standard InChI is InChI=1S/C10H14N4O2/c11-4-6-13-9(15)10(16)14-7-8-3-1-2-5-12-8/h1-3,5H,4,6-7,11H2,(H,13,15)(H,14,16). The number of hydrogen-bond donors (Lipinski definition) is 3. The van der Waals surface area contributed by atoms with Crippen LogP contribution in [0, 0.1) is 0 Å². The minimum absolute atomic E-state index is 0.232. The van der Waals surface area contributed by atoms with Gasteiger partial charge in [-0.3, -0.25) is 14.6 Å². The Morgan fingerprint density at radius 2 is 2.00 bits per heavy atom. The lowest BCUT2D eigenvalue weighted by Crippen LogP contribution is -2.41. The average molecular weight is 222 g/mol. The molecule has 0 fully saturated rings. The van der Waals surface area contributed by atoms with Crippen LogP contribution in [0.15, 0.2) is 24.4 Å². The minimum atomic E-state index is -0.681. The van der Waals surface area contributed by atoms with Crippen LogP contribution >= 0.6 is 0 Å². The highest BCUT2D eigenvalue weighted by Gasteiger charge is 2.11. The molecule has 1 aromatic rings. The zero-order valence-corrected chi connectivity index (χ0v) is 8.77. The summed E-state index contributed by atoms with van der Waals surface area (Å²) in [6.07, 6.45) is 1.62. The Morgan fingerprint density at radius 1 is 1.25 bits per heavy atom. The average Bonchev–Trinajstić information content (AvgIpc) is 2.34. The normalized spacial score (nSPS) is 9.56. The van der Waals surface area contributed by atoms with Crippen molar-refractivity contribution in [1.82, 2.24) is 15.6 Å². The van der Waals surface area contributed by atoms with Gasteiger partial charge in [-0.15, -0.1) is 0 Å². The fourth-order valence-corrected chi connectivity index (χ4v) is 1.02. The van der Waals surface area contributed by atoms with Gasteiger partial charge in [-0.25, -0.2) is 0 Å². The van der Waals surface area contributed by atoms with Crippen molar-refractivity contribution in [2.24, 2.45) is 5.73 Å². The Balaban J connectivity index is 2.32. The molecule has 6 nitrogen and oxygen atoms in total. The maximum Gasteiger partial charge on any atom is 0.309 e. The quantitative estimate of drug-likeness (QED) is 0.556. The van der Waals surface area contributed by atoms with E-state index >= 15 is 0 Å². The van der Waals surface area contributed by atoms with E-state index in [-0.39, 0.29) is 13.1 Å². The smallest absolute Gasteiger partial charge is 0.309 e. The number of aromatic nitrogens is 1. The highest BCUT2D eigenvalue weighted by molar-refractivity contribution is 6.35. The number of amides is 2. The fourth-order valence-electron chi connectivity index (χ4n) is 1.02. The molecule has 0 atom stereocenters. The first-order valence-electron chi connectivity index (χ1n) is 4.90. The summed E-state index contributed by atoms with van der Waals surface area (Å²) in [4.78, 5) is 26.4. The van der Waals surface area contributed by atoms with Crippen LogP contribution in [-0.4, -0.2) is 29.9 Å². The first kappa shape index (κ1) is 12.1. The Morgan fingerprint density at radius 3 is 2.62 bits per heavy atom. The Bertz CT molecular complexity index is 353. The highest BCUT2D eigenvalue weighted by Crippen LogP contribution is 1.91. The van der Waals surface area contributed by atoms with E-state index < -0.39 is 11.8 Å². The number of hydrogen-bond acceptors (Lipinski definition) is 4. The Kier molecular flexibility index (Phi) is 4.94. The summed E-state index contributed by atoms with van der Waals surface area (Å²) in [7, 11) is 0. The van der Waals surface area contributed by atoms with Gasteiger partial charge in [0.15, 0.2) is 0 Å². The molecule has 0 bridgehead atoms. The lowest BCUT2D eigenvalue weighted by atomic mass is 10.3. The summed E-state index contributed by atoms with van der Waals surface area (Å²) in [5.74, 6) is -1.36. The molecule has 4 N–H and O–H groups in total. The van der Waals surface area contributed by atoms with Crippen molar-refractivity contribution in [2.75, 3.05) is 13.1 Å². The summed E-state index contributed by atoms with van der Waals surface area (Å²) in [5.41, 5.74) is 5.88. The van der Waals surface area contributed by atoms with E-state index in [9.17, 15) is 9.59 Å². The summed E-state index contributed by atoms with van der Waals surface area (Å²) in [6, 6.07) is 5.35. The number of pyridine rings is 1. The van der Waals surface area contributed by atoms with Gasteiger partial charge in [0.25, 0.3) is 0 Å². The summed E-state index contributed by atoms with van der Waals surface area (Å²) in [6.45, 7) is 0.824. The third kappa shape index (κ3) is 4.05. The molecule has 0 aliphatic rings. The lowest BCUT2D eigenvalue weighted by Gasteiger charge is -2.04. The molecule has 0 aliphatic carbocycles. The van der Waals surface area contributed by atoms with E-state index in [0.29, 0.717) is 12.2 Å². The van der Waals surface area contributed by atoms with Gasteiger partial charge in [0.2, 0.25) is 0 Å². The molecule has 0 saturated carbocycles. The third-order valence-electron chi connectivity index (χ3n) is 1.79. The zero-order valence-electron chi connectivity index (χ0n) is 8.77. The van der Waals surface area contributed by atoms with Crippen LogP contribution in [0.25, 0.3) is 0 Å². The van der Waals surface area contributed by atoms with Gasteiger partial charge in [-0.2, -0.15) is 0 Å². The van der Waals surface area contributed by atoms with Gasteiger partial charge < -0.3 is 16.4 Å². The molecule has 1 aromatic heterocycles. The van der Waals surface area contributed by atoms with Crippen LogP contribution in [0.4, 0.5) is 0 Å². The number of rotatable bonds is 4. The van der Waals surface area contributed by atoms with E-state index in [4.69, 9.17) is 5.73 Å².